The van der Waals surface area contributed by atoms with Crippen LogP contribution in [0, 0.1) is 23.7 Å². The van der Waals surface area contributed by atoms with Gasteiger partial charge in [0.05, 0.1) is 35.9 Å². The Kier molecular flexibility index (Phi) is 12.4. The van der Waals surface area contributed by atoms with Gasteiger partial charge in [-0.3, -0.25) is 9.59 Å². The largest absolute Gasteiger partial charge is 0.459 e. The van der Waals surface area contributed by atoms with Crippen LogP contribution in [0.5, 0.6) is 0 Å². The minimum atomic E-state index is -1.91. The maximum Gasteiger partial charge on any atom is 0.311 e. The highest BCUT2D eigenvalue weighted by Gasteiger charge is 2.51. The molecule has 0 unspecified atom stereocenters. The molecule has 0 bridgehead atoms. The van der Waals surface area contributed by atoms with Crippen molar-refractivity contribution in [3.8, 4) is 0 Å². The zero-order valence-electron chi connectivity index (χ0n) is 26.7. The summed E-state index contributed by atoms with van der Waals surface area (Å²) in [5, 5.41) is 45.1. The lowest BCUT2D eigenvalue weighted by Crippen LogP contribution is -2.60. The third kappa shape index (κ3) is 7.67. The van der Waals surface area contributed by atoms with E-state index in [9.17, 15) is 30.0 Å². The zero-order valence-corrected chi connectivity index (χ0v) is 26.7. The van der Waals surface area contributed by atoms with E-state index >= 15 is 0 Å². The number of aliphatic hydroxyl groups is 4. The van der Waals surface area contributed by atoms with E-state index in [0.29, 0.717) is 6.42 Å². The standard InChI is InChI=1S/C30H55NO10/c1-12-21-30(8,37)25(35)17(4)22(32)15(2)14-29(7,38-11)26(18(5)23(33)19(6)27(36)40-21)41-28-24(34)20(31(9)10)13-16(3)39-28/h15-21,23-26,28,33-35,37H,12-14H2,1-11H3/t15-,16-,17+,18-,19-,20+,21-,23+,24-,25+,26-,28+,29-,30-/m1/s1. The van der Waals surface area contributed by atoms with Crippen LogP contribution < -0.4 is 0 Å². The molecule has 11 nitrogen and oxygen atoms in total. The van der Waals surface area contributed by atoms with Crippen LogP contribution in [0.1, 0.15) is 74.7 Å². The van der Waals surface area contributed by atoms with Crippen molar-refractivity contribution in [2.45, 2.75) is 135 Å². The fourth-order valence-corrected chi connectivity index (χ4v) is 6.59. The van der Waals surface area contributed by atoms with Crippen LogP contribution >= 0.6 is 0 Å². The van der Waals surface area contributed by atoms with Gasteiger partial charge in [0.15, 0.2) is 6.29 Å². The number of methoxy groups -OCH3 is 1. The number of Topliss-reactive ketones (excluding diaryl/α,β-unsaturated/α-hetero) is 1. The molecule has 0 spiro atoms. The Morgan fingerprint density at radius 2 is 1.59 bits per heavy atom. The molecule has 4 N–H and O–H groups in total. The minimum absolute atomic E-state index is 0.134. The second kappa shape index (κ2) is 14.1. The van der Waals surface area contributed by atoms with Gasteiger partial charge in [-0.15, -0.1) is 0 Å². The number of hydrogen-bond donors (Lipinski definition) is 4. The molecule has 2 rings (SSSR count). The first kappa shape index (κ1) is 36.0. The predicted molar refractivity (Wildman–Crippen MR) is 152 cm³/mol. The number of aliphatic hydroxyl groups excluding tert-OH is 3. The monoisotopic (exact) mass is 589 g/mol. The van der Waals surface area contributed by atoms with Crippen molar-refractivity contribution in [3.63, 3.8) is 0 Å². The molecule has 0 aliphatic carbocycles. The van der Waals surface area contributed by atoms with Crippen molar-refractivity contribution in [1.29, 1.82) is 0 Å². The molecule has 14 atom stereocenters. The number of nitrogens with zero attached hydrogens (tertiary/aromatic N) is 1. The number of carbonyl (C=O) groups excluding carboxylic acids is 2. The Balaban J connectivity index is 2.60. The predicted octanol–water partition coefficient (Wildman–Crippen LogP) is 1.51. The molecule has 0 aromatic rings. The van der Waals surface area contributed by atoms with Crippen molar-refractivity contribution in [2.24, 2.45) is 23.7 Å². The van der Waals surface area contributed by atoms with Gasteiger partial charge in [0.25, 0.3) is 0 Å². The number of ether oxygens (including phenoxy) is 4. The molecule has 0 saturated carbocycles. The summed E-state index contributed by atoms with van der Waals surface area (Å²) >= 11 is 0. The molecule has 2 heterocycles. The Labute approximate surface area is 245 Å². The molecule has 0 radical (unpaired) electrons. The summed E-state index contributed by atoms with van der Waals surface area (Å²) in [6, 6.07) is -0.244. The van der Waals surface area contributed by atoms with E-state index in [2.05, 4.69) is 0 Å². The summed E-state index contributed by atoms with van der Waals surface area (Å²) < 4.78 is 24.2. The number of rotatable bonds is 5. The molecular weight excluding hydrogens is 534 g/mol. The first-order valence-electron chi connectivity index (χ1n) is 14.9. The molecule has 2 fully saturated rings. The van der Waals surface area contributed by atoms with Crippen molar-refractivity contribution in [3.05, 3.63) is 0 Å². The van der Waals surface area contributed by atoms with E-state index in [-0.39, 0.29) is 30.8 Å². The number of cyclic esters (lactones) is 1. The lowest BCUT2D eigenvalue weighted by Gasteiger charge is -2.48. The van der Waals surface area contributed by atoms with Crippen molar-refractivity contribution in [2.75, 3.05) is 21.2 Å². The average molecular weight is 590 g/mol. The van der Waals surface area contributed by atoms with Crippen LogP contribution in [-0.2, 0) is 28.5 Å². The van der Waals surface area contributed by atoms with Crippen LogP contribution in [-0.4, -0.2) is 118 Å². The van der Waals surface area contributed by atoms with Crippen LogP contribution in [0.3, 0.4) is 0 Å². The molecule has 11 heteroatoms. The van der Waals surface area contributed by atoms with Crippen LogP contribution in [0.2, 0.25) is 0 Å². The lowest BCUT2D eigenvalue weighted by atomic mass is 9.74. The molecule has 2 saturated heterocycles. The fourth-order valence-electron chi connectivity index (χ4n) is 6.59. The van der Waals surface area contributed by atoms with E-state index in [1.54, 1.807) is 34.6 Å². The number of hydrogen-bond acceptors (Lipinski definition) is 11. The van der Waals surface area contributed by atoms with Gasteiger partial charge >= 0.3 is 5.97 Å². The van der Waals surface area contributed by atoms with Crippen molar-refractivity contribution < 1.29 is 49.0 Å². The van der Waals surface area contributed by atoms with Gasteiger partial charge in [-0.05, 0) is 61.1 Å². The second-order valence-electron chi connectivity index (χ2n) is 13.1. The number of carbonyl (C=O) groups is 2. The smallest absolute Gasteiger partial charge is 0.311 e. The number of likely N-dealkylation sites (N-methyl/N-ethyl adjacent to an activating group) is 1. The van der Waals surface area contributed by atoms with Gasteiger partial charge in [0, 0.05) is 30.9 Å². The molecular formula is C30H55NO10. The Bertz CT molecular complexity index is 883. The second-order valence-corrected chi connectivity index (χ2v) is 13.1. The van der Waals surface area contributed by atoms with E-state index in [1.165, 1.54) is 21.0 Å². The number of ketones is 1. The summed E-state index contributed by atoms with van der Waals surface area (Å²) in [5.41, 5.74) is -3.11. The Morgan fingerprint density at radius 3 is 2.10 bits per heavy atom. The van der Waals surface area contributed by atoms with E-state index < -0.39 is 77.7 Å². The van der Waals surface area contributed by atoms with E-state index in [1.807, 2.05) is 25.9 Å². The molecule has 2 aliphatic rings. The highest BCUT2D eigenvalue weighted by atomic mass is 16.7. The third-order valence-corrected chi connectivity index (χ3v) is 9.52. The highest BCUT2D eigenvalue weighted by molar-refractivity contribution is 5.83. The fraction of sp³-hybridized carbons (Fsp3) is 0.933. The minimum Gasteiger partial charge on any atom is -0.459 e. The van der Waals surface area contributed by atoms with Gasteiger partial charge in [-0.25, -0.2) is 0 Å². The normalized spacial score (nSPS) is 47.6. The van der Waals surface area contributed by atoms with Gasteiger partial charge < -0.3 is 44.3 Å². The van der Waals surface area contributed by atoms with Crippen LogP contribution in [0.15, 0.2) is 0 Å². The van der Waals surface area contributed by atoms with Gasteiger partial charge in [0.1, 0.15) is 23.6 Å². The van der Waals surface area contributed by atoms with Gasteiger partial charge in [0.2, 0.25) is 0 Å². The maximum absolute atomic E-state index is 13.6. The van der Waals surface area contributed by atoms with Crippen LogP contribution in [0.25, 0.3) is 0 Å². The van der Waals surface area contributed by atoms with Crippen LogP contribution in [0.4, 0.5) is 0 Å². The molecule has 0 aromatic heterocycles. The van der Waals surface area contributed by atoms with Gasteiger partial charge in [-0.2, -0.15) is 0 Å². The summed E-state index contributed by atoms with van der Waals surface area (Å²) in [5.74, 6) is -4.49. The van der Waals surface area contributed by atoms with E-state index in [4.69, 9.17) is 18.9 Å². The number of esters is 1. The van der Waals surface area contributed by atoms with Crippen molar-refractivity contribution in [1.82, 2.24) is 4.90 Å². The summed E-state index contributed by atoms with van der Waals surface area (Å²) in [7, 11) is 5.21. The summed E-state index contributed by atoms with van der Waals surface area (Å²) in [6.45, 7) is 13.2. The molecule has 240 valence electrons. The Hall–Kier alpha value is -1.18. The molecule has 0 amide bonds. The van der Waals surface area contributed by atoms with Crippen molar-refractivity contribution >= 4 is 11.8 Å². The topological polar surface area (TPSA) is 155 Å². The summed E-state index contributed by atoms with van der Waals surface area (Å²) in [6.07, 6.45) is -6.25. The lowest BCUT2D eigenvalue weighted by molar-refractivity contribution is -0.301. The van der Waals surface area contributed by atoms with E-state index in [0.717, 1.165) is 0 Å². The molecule has 2 aliphatic heterocycles. The van der Waals surface area contributed by atoms with Gasteiger partial charge in [-0.1, -0.05) is 27.7 Å². The molecule has 0 aromatic carbocycles. The third-order valence-electron chi connectivity index (χ3n) is 9.52. The average Bonchev–Trinajstić information content (AvgIpc) is 2.92. The summed E-state index contributed by atoms with van der Waals surface area (Å²) in [4.78, 5) is 28.8. The first-order valence-corrected chi connectivity index (χ1v) is 14.9. The highest BCUT2D eigenvalue weighted by Crippen LogP contribution is 2.39. The maximum atomic E-state index is 13.6. The molecule has 41 heavy (non-hydrogen) atoms. The SMILES string of the molecule is CC[C@H]1OC(=O)[C@H](C)[C@@H](O)[C@@H](C)[C@@H](O[C@@H]2O[C@H](C)C[C@H](N(C)C)[C@H]2O)[C@](C)(OC)C[C@@H](C)C(=O)[C@H](C)[C@H](O)[C@]1(C)O. The Morgan fingerprint density at radius 1 is 1.00 bits per heavy atom. The first-order chi connectivity index (χ1) is 18.8. The zero-order chi connectivity index (χ0) is 31.6. The quantitative estimate of drug-likeness (QED) is 0.345.